The molecule has 0 spiro atoms. The maximum atomic E-state index is 13.1. The fourth-order valence-electron chi connectivity index (χ4n) is 4.95. The van der Waals surface area contributed by atoms with Gasteiger partial charge in [-0.2, -0.15) is 0 Å². The molecule has 0 bridgehead atoms. The number of amides is 1. The summed E-state index contributed by atoms with van der Waals surface area (Å²) in [5.74, 6) is 0.0238. The monoisotopic (exact) mass is 487 g/mol. The van der Waals surface area contributed by atoms with E-state index < -0.39 is 0 Å². The van der Waals surface area contributed by atoms with Gasteiger partial charge in [0.05, 0.1) is 22.6 Å². The first-order valence-electron chi connectivity index (χ1n) is 11.1. The first-order valence-corrected chi connectivity index (χ1v) is 11.9. The molecule has 1 amide bonds. The Morgan fingerprint density at radius 3 is 2.65 bits per heavy atom. The molecule has 2 atom stereocenters. The number of ether oxygens (including phenoxy) is 1. The third-order valence-corrected chi connectivity index (χ3v) is 7.33. The van der Waals surface area contributed by atoms with Crippen LogP contribution in [0.1, 0.15) is 38.3 Å². The van der Waals surface area contributed by atoms with Crippen LogP contribution in [0.15, 0.2) is 28.9 Å². The van der Waals surface area contributed by atoms with Crippen molar-refractivity contribution in [2.45, 2.75) is 39.7 Å². The maximum Gasteiger partial charge on any atom is 0.419 e. The Balaban J connectivity index is 1.83. The van der Waals surface area contributed by atoms with E-state index in [-0.39, 0.29) is 24.0 Å². The standard InChI is InChI=1S/C24H30BrN3O3/c1-5-11-31-24(30)28-19-10-8-9-16-17-12-15(23(29)27(6-2)7-3)14-26(4)20(17)13-18(21(16)19)22(28)25/h8-10,12,15,20H,5-7,11,13-14H2,1-4H3/t15-,20-/m1/s1. The molecule has 0 fully saturated rings. The molecule has 0 N–H and O–H groups in total. The first kappa shape index (κ1) is 22.1. The van der Waals surface area contributed by atoms with Crippen LogP contribution in [0.5, 0.6) is 0 Å². The van der Waals surface area contributed by atoms with E-state index in [1.165, 1.54) is 5.57 Å². The van der Waals surface area contributed by atoms with Crippen molar-refractivity contribution < 1.29 is 14.3 Å². The predicted molar refractivity (Wildman–Crippen MR) is 126 cm³/mol. The molecule has 2 aromatic rings. The fraction of sp³-hybridized carbons (Fsp3) is 0.500. The molecular formula is C24H30BrN3O3. The second-order valence-electron chi connectivity index (χ2n) is 8.32. The molecule has 2 heterocycles. The average molecular weight is 488 g/mol. The van der Waals surface area contributed by atoms with E-state index in [0.717, 1.165) is 52.6 Å². The van der Waals surface area contributed by atoms with Gasteiger partial charge in [0.15, 0.2) is 0 Å². The van der Waals surface area contributed by atoms with E-state index >= 15 is 0 Å². The summed E-state index contributed by atoms with van der Waals surface area (Å²) in [6.07, 6.45) is 3.38. The summed E-state index contributed by atoms with van der Waals surface area (Å²) < 4.78 is 7.85. The summed E-state index contributed by atoms with van der Waals surface area (Å²) in [5, 5.41) is 1.08. The van der Waals surface area contributed by atoms with Crippen molar-refractivity contribution in [3.63, 3.8) is 0 Å². The number of carbonyl (C=O) groups excluding carboxylic acids is 2. The molecule has 0 saturated carbocycles. The molecule has 1 aliphatic heterocycles. The highest BCUT2D eigenvalue weighted by Crippen LogP contribution is 2.45. The lowest BCUT2D eigenvalue weighted by Gasteiger charge is -2.40. The molecule has 4 rings (SSSR count). The fourth-order valence-corrected chi connectivity index (χ4v) is 5.65. The lowest BCUT2D eigenvalue weighted by atomic mass is 9.79. The minimum absolute atomic E-state index is 0.159. The van der Waals surface area contributed by atoms with Gasteiger partial charge in [0.1, 0.15) is 0 Å². The number of benzene rings is 1. The lowest BCUT2D eigenvalue weighted by molar-refractivity contribution is -0.134. The number of likely N-dealkylation sites (N-methyl/N-ethyl adjacent to an activating group) is 1. The highest BCUT2D eigenvalue weighted by atomic mass is 79.9. The number of rotatable bonds is 5. The summed E-state index contributed by atoms with van der Waals surface area (Å²) in [4.78, 5) is 30.1. The number of carbonyl (C=O) groups is 2. The summed E-state index contributed by atoms with van der Waals surface area (Å²) in [6, 6.07) is 6.23. The molecule has 166 valence electrons. The quantitative estimate of drug-likeness (QED) is 0.621. The normalized spacial score (nSPS) is 20.4. The van der Waals surface area contributed by atoms with Crippen molar-refractivity contribution in [1.82, 2.24) is 14.4 Å². The molecule has 6 nitrogen and oxygen atoms in total. The molecule has 1 aliphatic carbocycles. The SMILES string of the molecule is CCCOC(=O)n1c(Br)c2c3c(cccc31)C1=C[C@@H](C(=O)N(CC)CC)CN(C)[C@@H]1C2. The van der Waals surface area contributed by atoms with E-state index in [9.17, 15) is 9.59 Å². The van der Waals surface area contributed by atoms with Gasteiger partial charge in [-0.15, -0.1) is 0 Å². The minimum Gasteiger partial charge on any atom is -0.449 e. The molecule has 2 aliphatic rings. The minimum atomic E-state index is -0.357. The van der Waals surface area contributed by atoms with Gasteiger partial charge in [-0.3, -0.25) is 9.69 Å². The van der Waals surface area contributed by atoms with Gasteiger partial charge in [-0.05, 0) is 72.4 Å². The summed E-state index contributed by atoms with van der Waals surface area (Å²) in [5.41, 5.74) is 4.26. The molecule has 31 heavy (non-hydrogen) atoms. The van der Waals surface area contributed by atoms with Crippen LogP contribution < -0.4 is 0 Å². The van der Waals surface area contributed by atoms with Gasteiger partial charge in [-0.25, -0.2) is 9.36 Å². The van der Waals surface area contributed by atoms with E-state index in [2.05, 4.69) is 40.0 Å². The topological polar surface area (TPSA) is 54.8 Å². The van der Waals surface area contributed by atoms with Gasteiger partial charge in [0, 0.05) is 31.1 Å². The maximum absolute atomic E-state index is 13.1. The van der Waals surface area contributed by atoms with Crippen LogP contribution in [0.2, 0.25) is 0 Å². The lowest BCUT2D eigenvalue weighted by Crippen LogP contribution is -2.47. The van der Waals surface area contributed by atoms with Crippen molar-refractivity contribution in [2.75, 3.05) is 33.3 Å². The zero-order valence-corrected chi connectivity index (χ0v) is 20.2. The second-order valence-corrected chi connectivity index (χ2v) is 9.07. The molecule has 7 heteroatoms. The molecule has 1 aromatic carbocycles. The van der Waals surface area contributed by atoms with Gasteiger partial charge in [-0.1, -0.05) is 25.1 Å². The molecule has 1 aromatic heterocycles. The highest BCUT2D eigenvalue weighted by Gasteiger charge is 2.38. The second kappa shape index (κ2) is 8.79. The van der Waals surface area contributed by atoms with Crippen molar-refractivity contribution >= 4 is 44.4 Å². The highest BCUT2D eigenvalue weighted by molar-refractivity contribution is 9.10. The zero-order chi connectivity index (χ0) is 22.3. The van der Waals surface area contributed by atoms with Crippen LogP contribution in [0.25, 0.3) is 16.5 Å². The van der Waals surface area contributed by atoms with Gasteiger partial charge in [0.25, 0.3) is 0 Å². The van der Waals surface area contributed by atoms with E-state index in [0.29, 0.717) is 13.2 Å². The number of fused-ring (bicyclic) bond motifs is 2. The molecule has 0 unspecified atom stereocenters. The van der Waals surface area contributed by atoms with Crippen LogP contribution in [-0.4, -0.2) is 65.7 Å². The molecule has 0 radical (unpaired) electrons. The third kappa shape index (κ3) is 3.61. The zero-order valence-electron chi connectivity index (χ0n) is 18.7. The van der Waals surface area contributed by atoms with Crippen LogP contribution in [0.3, 0.4) is 0 Å². The van der Waals surface area contributed by atoms with Gasteiger partial charge >= 0.3 is 6.09 Å². The smallest absolute Gasteiger partial charge is 0.419 e. The Kier molecular flexibility index (Phi) is 6.26. The van der Waals surface area contributed by atoms with E-state index in [1.807, 2.05) is 37.8 Å². The van der Waals surface area contributed by atoms with Crippen molar-refractivity contribution in [1.29, 1.82) is 0 Å². The Morgan fingerprint density at radius 1 is 1.23 bits per heavy atom. The predicted octanol–water partition coefficient (Wildman–Crippen LogP) is 4.54. The largest absolute Gasteiger partial charge is 0.449 e. The Morgan fingerprint density at radius 2 is 1.97 bits per heavy atom. The van der Waals surface area contributed by atoms with Crippen molar-refractivity contribution in [3.8, 4) is 0 Å². The number of halogens is 1. The number of aromatic nitrogens is 1. The van der Waals surface area contributed by atoms with Crippen molar-refractivity contribution in [2.24, 2.45) is 5.92 Å². The summed E-state index contributed by atoms with van der Waals surface area (Å²) in [6.45, 7) is 8.56. The van der Waals surface area contributed by atoms with Gasteiger partial charge < -0.3 is 9.64 Å². The van der Waals surface area contributed by atoms with Crippen LogP contribution >= 0.6 is 15.9 Å². The van der Waals surface area contributed by atoms with E-state index in [1.54, 1.807) is 4.57 Å². The number of hydrogen-bond donors (Lipinski definition) is 0. The van der Waals surface area contributed by atoms with Crippen LogP contribution in [0.4, 0.5) is 4.79 Å². The van der Waals surface area contributed by atoms with E-state index in [4.69, 9.17) is 4.74 Å². The molecular weight excluding hydrogens is 458 g/mol. The Bertz CT molecular complexity index is 1050. The van der Waals surface area contributed by atoms with Gasteiger partial charge in [0.2, 0.25) is 5.91 Å². The Hall–Kier alpha value is -2.12. The molecule has 0 saturated heterocycles. The summed E-state index contributed by atoms with van der Waals surface area (Å²) >= 11 is 3.69. The third-order valence-electron chi connectivity index (χ3n) is 6.50. The number of nitrogens with zero attached hydrogens (tertiary/aromatic N) is 3. The van der Waals surface area contributed by atoms with Crippen LogP contribution in [0, 0.1) is 5.92 Å². The Labute approximate surface area is 191 Å². The average Bonchev–Trinajstić information content (AvgIpc) is 3.06. The van der Waals surface area contributed by atoms with Crippen molar-refractivity contribution in [3.05, 3.63) is 40.0 Å². The van der Waals surface area contributed by atoms with Crippen LogP contribution in [-0.2, 0) is 16.0 Å². The summed E-state index contributed by atoms with van der Waals surface area (Å²) in [7, 11) is 2.09. The number of hydrogen-bond acceptors (Lipinski definition) is 4. The first-order chi connectivity index (χ1) is 14.9.